The summed E-state index contributed by atoms with van der Waals surface area (Å²) in [6.45, 7) is 4.74. The van der Waals surface area contributed by atoms with Gasteiger partial charge >= 0.3 is 0 Å². The minimum atomic E-state index is -0.494. The van der Waals surface area contributed by atoms with Gasteiger partial charge in [0.1, 0.15) is 11.6 Å². The van der Waals surface area contributed by atoms with Crippen molar-refractivity contribution in [3.05, 3.63) is 35.4 Å². The number of hydrogen-bond acceptors (Lipinski definition) is 1. The van der Waals surface area contributed by atoms with E-state index in [2.05, 4.69) is 10.3 Å². The van der Waals surface area contributed by atoms with Crippen molar-refractivity contribution in [2.75, 3.05) is 6.54 Å². The van der Waals surface area contributed by atoms with Gasteiger partial charge in [0.2, 0.25) is 0 Å². The summed E-state index contributed by atoms with van der Waals surface area (Å²) in [6, 6.07) is 3.91. The molecule has 2 rings (SSSR count). The van der Waals surface area contributed by atoms with Crippen molar-refractivity contribution >= 4 is 29.9 Å². The molecule has 2 atom stereocenters. The molecule has 1 aliphatic carbocycles. The van der Waals surface area contributed by atoms with E-state index in [0.717, 1.165) is 0 Å². The number of nitrogens with two attached hydrogens (primary N) is 1. The van der Waals surface area contributed by atoms with Gasteiger partial charge < -0.3 is 11.1 Å². The minimum Gasteiger partial charge on any atom is -0.370 e. The summed E-state index contributed by atoms with van der Waals surface area (Å²) in [5, 5.41) is 3.01. The predicted octanol–water partition coefficient (Wildman–Crippen LogP) is 3.00. The highest BCUT2D eigenvalue weighted by molar-refractivity contribution is 14.0. The first-order valence-electron chi connectivity index (χ1n) is 6.49. The fourth-order valence-electron chi connectivity index (χ4n) is 2.06. The SMILES string of the molecule is CC(C)CN=C(N)NC1CC1c1c(F)cccc1F.I. The highest BCUT2D eigenvalue weighted by Crippen LogP contribution is 2.42. The quantitative estimate of drug-likeness (QED) is 0.468. The van der Waals surface area contributed by atoms with Gasteiger partial charge in [0.25, 0.3) is 0 Å². The third-order valence-corrected chi connectivity index (χ3v) is 3.12. The lowest BCUT2D eigenvalue weighted by Crippen LogP contribution is -2.34. The summed E-state index contributed by atoms with van der Waals surface area (Å²) in [6.07, 6.45) is 0.676. The fourth-order valence-corrected chi connectivity index (χ4v) is 2.06. The summed E-state index contributed by atoms with van der Waals surface area (Å²) in [7, 11) is 0. The van der Waals surface area contributed by atoms with E-state index in [4.69, 9.17) is 5.73 Å². The standard InChI is InChI=1S/C14H19F2N3.HI/c1-8(2)7-18-14(17)19-12-6-9(12)13-10(15)4-3-5-11(13)16;/h3-5,8-9,12H,6-7H2,1-2H3,(H3,17,18,19);1H. The molecule has 6 heteroatoms. The van der Waals surface area contributed by atoms with E-state index >= 15 is 0 Å². The normalized spacial score (nSPS) is 21.6. The Kier molecular flexibility index (Phi) is 6.16. The van der Waals surface area contributed by atoms with Crippen molar-refractivity contribution in [3.63, 3.8) is 0 Å². The van der Waals surface area contributed by atoms with E-state index in [1.807, 2.05) is 13.8 Å². The molecule has 3 N–H and O–H groups in total. The number of benzene rings is 1. The molecule has 0 aliphatic heterocycles. The van der Waals surface area contributed by atoms with E-state index in [0.29, 0.717) is 24.8 Å². The maximum Gasteiger partial charge on any atom is 0.188 e. The van der Waals surface area contributed by atoms with Gasteiger partial charge in [-0.05, 0) is 24.5 Å². The van der Waals surface area contributed by atoms with Crippen molar-refractivity contribution in [1.82, 2.24) is 5.32 Å². The zero-order chi connectivity index (χ0) is 14.0. The summed E-state index contributed by atoms with van der Waals surface area (Å²) < 4.78 is 27.2. The Bertz CT molecular complexity index is 471. The third-order valence-electron chi connectivity index (χ3n) is 3.12. The Hall–Kier alpha value is -0.920. The summed E-state index contributed by atoms with van der Waals surface area (Å²) in [5.74, 6) is -0.370. The van der Waals surface area contributed by atoms with Crippen LogP contribution in [0.4, 0.5) is 8.78 Å². The average Bonchev–Trinajstić information content (AvgIpc) is 3.05. The molecule has 0 saturated heterocycles. The molecule has 3 nitrogen and oxygen atoms in total. The molecule has 0 heterocycles. The van der Waals surface area contributed by atoms with E-state index in [9.17, 15) is 8.78 Å². The number of nitrogens with zero attached hydrogens (tertiary/aromatic N) is 1. The molecule has 0 spiro atoms. The van der Waals surface area contributed by atoms with E-state index < -0.39 is 11.6 Å². The third kappa shape index (κ3) is 4.29. The smallest absolute Gasteiger partial charge is 0.188 e. The lowest BCUT2D eigenvalue weighted by atomic mass is 10.1. The second-order valence-electron chi connectivity index (χ2n) is 5.35. The van der Waals surface area contributed by atoms with Crippen LogP contribution in [-0.2, 0) is 0 Å². The Labute approximate surface area is 135 Å². The molecular weight excluding hydrogens is 375 g/mol. The predicted molar refractivity (Wildman–Crippen MR) is 87.4 cm³/mol. The van der Waals surface area contributed by atoms with Crippen LogP contribution in [0.3, 0.4) is 0 Å². The van der Waals surface area contributed by atoms with Crippen molar-refractivity contribution in [2.45, 2.75) is 32.2 Å². The molecule has 20 heavy (non-hydrogen) atoms. The van der Waals surface area contributed by atoms with Gasteiger partial charge in [-0.1, -0.05) is 19.9 Å². The number of hydrogen-bond donors (Lipinski definition) is 2. The van der Waals surface area contributed by atoms with Gasteiger partial charge in [-0.2, -0.15) is 0 Å². The van der Waals surface area contributed by atoms with Crippen molar-refractivity contribution < 1.29 is 8.78 Å². The Morgan fingerprint density at radius 2 is 2.00 bits per heavy atom. The Balaban J connectivity index is 0.00000200. The second kappa shape index (κ2) is 7.19. The number of halogens is 3. The van der Waals surface area contributed by atoms with Crippen LogP contribution in [0, 0.1) is 17.6 Å². The molecule has 0 aromatic heterocycles. The first-order chi connectivity index (χ1) is 8.99. The summed E-state index contributed by atoms with van der Waals surface area (Å²) in [5.41, 5.74) is 5.88. The van der Waals surface area contributed by atoms with Gasteiger partial charge in [0, 0.05) is 24.1 Å². The van der Waals surface area contributed by atoms with Gasteiger partial charge in [-0.3, -0.25) is 4.99 Å². The number of guanidine groups is 1. The first kappa shape index (κ1) is 17.1. The Morgan fingerprint density at radius 1 is 1.40 bits per heavy atom. The molecular formula is C14H20F2IN3. The van der Waals surface area contributed by atoms with Crippen LogP contribution in [0.1, 0.15) is 31.7 Å². The molecule has 0 bridgehead atoms. The monoisotopic (exact) mass is 395 g/mol. The maximum absolute atomic E-state index is 13.6. The number of nitrogens with one attached hydrogen (secondary N) is 1. The molecule has 1 saturated carbocycles. The van der Waals surface area contributed by atoms with Crippen LogP contribution in [0.15, 0.2) is 23.2 Å². The van der Waals surface area contributed by atoms with Crippen LogP contribution in [0.2, 0.25) is 0 Å². The Morgan fingerprint density at radius 3 is 2.55 bits per heavy atom. The number of aliphatic imine (C=N–C) groups is 1. The highest BCUT2D eigenvalue weighted by Gasteiger charge is 2.42. The van der Waals surface area contributed by atoms with Crippen LogP contribution in [-0.4, -0.2) is 18.5 Å². The summed E-state index contributed by atoms with van der Waals surface area (Å²) >= 11 is 0. The molecule has 1 aromatic carbocycles. The zero-order valence-electron chi connectivity index (χ0n) is 11.6. The molecule has 1 aliphatic rings. The molecule has 112 valence electrons. The molecule has 0 radical (unpaired) electrons. The molecule has 1 fully saturated rings. The minimum absolute atomic E-state index is 0. The van der Waals surface area contributed by atoms with Crippen LogP contribution in [0.25, 0.3) is 0 Å². The fraction of sp³-hybridized carbons (Fsp3) is 0.500. The van der Waals surface area contributed by atoms with Crippen LogP contribution < -0.4 is 11.1 Å². The maximum atomic E-state index is 13.6. The second-order valence-corrected chi connectivity index (χ2v) is 5.35. The summed E-state index contributed by atoms with van der Waals surface area (Å²) in [4.78, 5) is 4.17. The van der Waals surface area contributed by atoms with Crippen LogP contribution in [0.5, 0.6) is 0 Å². The largest absolute Gasteiger partial charge is 0.370 e. The van der Waals surface area contributed by atoms with Gasteiger partial charge in [-0.25, -0.2) is 8.78 Å². The zero-order valence-corrected chi connectivity index (χ0v) is 13.9. The van der Waals surface area contributed by atoms with Crippen molar-refractivity contribution in [3.8, 4) is 0 Å². The molecule has 0 amide bonds. The van der Waals surface area contributed by atoms with Crippen molar-refractivity contribution in [2.24, 2.45) is 16.6 Å². The van der Waals surface area contributed by atoms with Crippen molar-refractivity contribution in [1.29, 1.82) is 0 Å². The number of rotatable bonds is 4. The lowest BCUT2D eigenvalue weighted by Gasteiger charge is -2.07. The van der Waals surface area contributed by atoms with Gasteiger partial charge in [-0.15, -0.1) is 24.0 Å². The van der Waals surface area contributed by atoms with Gasteiger partial charge in [0.15, 0.2) is 5.96 Å². The van der Waals surface area contributed by atoms with Gasteiger partial charge in [0.05, 0.1) is 0 Å². The molecule has 1 aromatic rings. The van der Waals surface area contributed by atoms with Crippen LogP contribution >= 0.6 is 24.0 Å². The topological polar surface area (TPSA) is 50.4 Å². The van der Waals surface area contributed by atoms with E-state index in [-0.39, 0.29) is 41.5 Å². The first-order valence-corrected chi connectivity index (χ1v) is 6.49. The lowest BCUT2D eigenvalue weighted by molar-refractivity contribution is 0.553. The van der Waals surface area contributed by atoms with E-state index in [1.54, 1.807) is 0 Å². The highest BCUT2D eigenvalue weighted by atomic mass is 127. The molecule has 2 unspecified atom stereocenters. The van der Waals surface area contributed by atoms with E-state index in [1.165, 1.54) is 18.2 Å². The average molecular weight is 395 g/mol.